The van der Waals surface area contributed by atoms with Gasteiger partial charge in [-0.2, -0.15) is 15.4 Å². The van der Waals surface area contributed by atoms with Crippen LogP contribution in [0.4, 0.5) is 0 Å². The summed E-state index contributed by atoms with van der Waals surface area (Å²) in [6.07, 6.45) is 3.75. The maximum absolute atomic E-state index is 6.13. The van der Waals surface area contributed by atoms with E-state index in [2.05, 4.69) is 56.7 Å². The van der Waals surface area contributed by atoms with Crippen molar-refractivity contribution in [2.75, 3.05) is 6.54 Å². The van der Waals surface area contributed by atoms with Crippen LogP contribution in [0, 0.1) is 0 Å². The van der Waals surface area contributed by atoms with Crippen LogP contribution in [-0.4, -0.2) is 32.7 Å². The van der Waals surface area contributed by atoms with Crippen molar-refractivity contribution in [3.05, 3.63) is 89.1 Å². The summed E-state index contributed by atoms with van der Waals surface area (Å²) in [5.74, 6) is 1.73. The Morgan fingerprint density at radius 2 is 1.92 bits per heavy atom. The maximum Gasteiger partial charge on any atom is 0.196 e. The zero-order chi connectivity index (χ0) is 17.3. The summed E-state index contributed by atoms with van der Waals surface area (Å²) in [4.78, 5) is 7.02. The van der Waals surface area contributed by atoms with E-state index in [0.29, 0.717) is 13.2 Å². The number of aromatic amines is 1. The molecule has 0 aliphatic carbocycles. The van der Waals surface area contributed by atoms with Gasteiger partial charge in [-0.15, -0.1) is 0 Å². The molecule has 0 radical (unpaired) electrons. The molecule has 0 saturated heterocycles. The Balaban J connectivity index is 1.53. The van der Waals surface area contributed by atoms with Crippen molar-refractivity contribution in [1.82, 2.24) is 20.3 Å². The monoisotopic (exact) mass is 343 g/mol. The molecule has 2 aliphatic rings. The number of rotatable bonds is 4. The summed E-state index contributed by atoms with van der Waals surface area (Å²) in [7, 11) is 0. The van der Waals surface area contributed by atoms with Gasteiger partial charge in [0.1, 0.15) is 18.1 Å². The lowest BCUT2D eigenvalue weighted by atomic mass is 9.96. The molecule has 6 nitrogen and oxygen atoms in total. The number of ether oxygens (including phenoxy) is 1. The lowest BCUT2D eigenvalue weighted by Gasteiger charge is -2.34. The summed E-state index contributed by atoms with van der Waals surface area (Å²) in [6, 6.07) is 18.8. The summed E-state index contributed by atoms with van der Waals surface area (Å²) >= 11 is 0. The van der Waals surface area contributed by atoms with Gasteiger partial charge in [0.15, 0.2) is 5.88 Å². The molecule has 128 valence electrons. The molecule has 2 aliphatic heterocycles. The van der Waals surface area contributed by atoms with Crippen molar-refractivity contribution >= 4 is 11.9 Å². The van der Waals surface area contributed by atoms with Gasteiger partial charge in [-0.25, -0.2) is 0 Å². The summed E-state index contributed by atoms with van der Waals surface area (Å²) in [5, 5.41) is 10.5. The van der Waals surface area contributed by atoms with Crippen LogP contribution in [0.5, 0.6) is 0 Å². The van der Waals surface area contributed by atoms with Crippen molar-refractivity contribution in [3.63, 3.8) is 0 Å². The van der Waals surface area contributed by atoms with Crippen LogP contribution >= 0.6 is 0 Å². The van der Waals surface area contributed by atoms with Gasteiger partial charge in [-0.3, -0.25) is 9.89 Å². The number of aromatic nitrogens is 3. The van der Waals surface area contributed by atoms with Crippen molar-refractivity contribution in [2.24, 2.45) is 4.99 Å². The van der Waals surface area contributed by atoms with Crippen LogP contribution in [0.15, 0.2) is 71.7 Å². The van der Waals surface area contributed by atoms with Gasteiger partial charge in [-0.05, 0) is 11.1 Å². The van der Waals surface area contributed by atoms with Gasteiger partial charge in [0.25, 0.3) is 0 Å². The first kappa shape index (κ1) is 14.9. The quantitative estimate of drug-likeness (QED) is 0.790. The Morgan fingerprint density at radius 1 is 1.08 bits per heavy atom. The van der Waals surface area contributed by atoms with Crippen LogP contribution in [-0.2, 0) is 11.3 Å². The molecule has 2 aromatic carbocycles. The van der Waals surface area contributed by atoms with Gasteiger partial charge >= 0.3 is 0 Å². The van der Waals surface area contributed by atoms with Gasteiger partial charge < -0.3 is 4.74 Å². The van der Waals surface area contributed by atoms with Crippen molar-refractivity contribution in [2.45, 2.75) is 12.6 Å². The number of hydrogen-bond donors (Lipinski definition) is 1. The van der Waals surface area contributed by atoms with Crippen molar-refractivity contribution in [3.8, 4) is 0 Å². The smallest absolute Gasteiger partial charge is 0.196 e. The number of amidine groups is 1. The predicted octanol–water partition coefficient (Wildman–Crippen LogP) is 3.14. The molecule has 1 N–H and O–H groups in total. The molecule has 0 spiro atoms. The van der Waals surface area contributed by atoms with E-state index in [1.54, 1.807) is 6.20 Å². The average molecular weight is 343 g/mol. The van der Waals surface area contributed by atoms with E-state index >= 15 is 0 Å². The molecule has 0 bridgehead atoms. The van der Waals surface area contributed by atoms with Crippen LogP contribution in [0.1, 0.15) is 28.4 Å². The zero-order valence-electron chi connectivity index (χ0n) is 14.0. The molecule has 26 heavy (non-hydrogen) atoms. The molecule has 0 saturated carbocycles. The SMILES string of the molecule is C1=C(OCc2cn[nH]n2)N2C(c3ccccc3)=NCC2c2ccccc21. The number of hydrogen-bond acceptors (Lipinski definition) is 5. The van der Waals surface area contributed by atoms with E-state index in [4.69, 9.17) is 9.73 Å². The third-order valence-corrected chi connectivity index (χ3v) is 4.69. The summed E-state index contributed by atoms with van der Waals surface area (Å²) < 4.78 is 6.13. The molecule has 1 unspecified atom stereocenters. The van der Waals surface area contributed by atoms with Gasteiger partial charge in [0.05, 0.1) is 18.8 Å². The highest BCUT2D eigenvalue weighted by atomic mass is 16.5. The number of aliphatic imine (C=N–C) groups is 1. The molecule has 0 fully saturated rings. The predicted molar refractivity (Wildman–Crippen MR) is 98.0 cm³/mol. The van der Waals surface area contributed by atoms with E-state index < -0.39 is 0 Å². The van der Waals surface area contributed by atoms with Crippen LogP contribution in [0.25, 0.3) is 6.08 Å². The Bertz CT molecular complexity index is 978. The van der Waals surface area contributed by atoms with E-state index in [1.807, 2.05) is 24.3 Å². The van der Waals surface area contributed by atoms with Gasteiger partial charge in [0.2, 0.25) is 0 Å². The van der Waals surface area contributed by atoms with Crippen LogP contribution in [0.3, 0.4) is 0 Å². The number of H-pyrrole nitrogens is 1. The largest absolute Gasteiger partial charge is 0.472 e. The first-order chi connectivity index (χ1) is 12.9. The number of benzene rings is 2. The molecule has 1 atom stereocenters. The average Bonchev–Trinajstić information content (AvgIpc) is 3.37. The Hall–Kier alpha value is -3.41. The molecule has 6 heteroatoms. The standard InChI is InChI=1S/C20H17N5O/c1-2-6-14(7-3-1)20-21-12-18-17-9-5-4-8-15(17)10-19(25(18)20)26-13-16-11-22-24-23-16/h1-11,18H,12-13H2,(H,22,23,24). The number of nitrogens with zero attached hydrogens (tertiary/aromatic N) is 4. The minimum Gasteiger partial charge on any atom is -0.472 e. The molecular weight excluding hydrogens is 326 g/mol. The van der Waals surface area contributed by atoms with Crippen molar-refractivity contribution < 1.29 is 4.74 Å². The normalized spacial score (nSPS) is 18.0. The number of nitrogens with one attached hydrogen (secondary N) is 1. The fourth-order valence-electron chi connectivity index (χ4n) is 3.49. The lowest BCUT2D eigenvalue weighted by Crippen LogP contribution is -2.34. The van der Waals surface area contributed by atoms with Crippen molar-refractivity contribution in [1.29, 1.82) is 0 Å². The Morgan fingerprint density at radius 3 is 2.77 bits per heavy atom. The third-order valence-electron chi connectivity index (χ3n) is 4.69. The highest BCUT2D eigenvalue weighted by Gasteiger charge is 2.37. The van der Waals surface area contributed by atoms with E-state index in [9.17, 15) is 0 Å². The van der Waals surface area contributed by atoms with Gasteiger partial charge in [0, 0.05) is 11.6 Å². The van der Waals surface area contributed by atoms with Crippen LogP contribution in [0.2, 0.25) is 0 Å². The van der Waals surface area contributed by atoms with E-state index in [-0.39, 0.29) is 6.04 Å². The highest BCUT2D eigenvalue weighted by molar-refractivity contribution is 6.02. The topological polar surface area (TPSA) is 66.4 Å². The molecule has 3 heterocycles. The fourth-order valence-corrected chi connectivity index (χ4v) is 3.49. The fraction of sp³-hybridized carbons (Fsp3) is 0.150. The third kappa shape index (κ3) is 2.47. The second-order valence-corrected chi connectivity index (χ2v) is 6.28. The zero-order valence-corrected chi connectivity index (χ0v) is 14.0. The van der Waals surface area contributed by atoms with E-state index in [1.165, 1.54) is 11.1 Å². The van der Waals surface area contributed by atoms with E-state index in [0.717, 1.165) is 23.0 Å². The summed E-state index contributed by atoms with van der Waals surface area (Å²) in [6.45, 7) is 1.07. The second kappa shape index (κ2) is 6.15. The first-order valence-corrected chi connectivity index (χ1v) is 8.57. The second-order valence-electron chi connectivity index (χ2n) is 6.28. The minimum atomic E-state index is 0.152. The molecule has 0 amide bonds. The van der Waals surface area contributed by atoms with Crippen LogP contribution < -0.4 is 0 Å². The number of fused-ring (bicyclic) bond motifs is 3. The summed E-state index contributed by atoms with van der Waals surface area (Å²) in [5.41, 5.74) is 4.30. The Kier molecular flexibility index (Phi) is 3.52. The van der Waals surface area contributed by atoms with Gasteiger partial charge in [-0.1, -0.05) is 54.6 Å². The highest BCUT2D eigenvalue weighted by Crippen LogP contribution is 2.39. The molecule has 3 aromatic rings. The lowest BCUT2D eigenvalue weighted by molar-refractivity contribution is 0.123. The molecule has 1 aromatic heterocycles. The molecular formula is C20H17N5O. The first-order valence-electron chi connectivity index (χ1n) is 8.57. The minimum absolute atomic E-state index is 0.152. The molecule has 5 rings (SSSR count). The Labute approximate surface area is 150 Å². The maximum atomic E-state index is 6.13.